The van der Waals surface area contributed by atoms with Crippen LogP contribution in [0.5, 0.6) is 0 Å². The minimum absolute atomic E-state index is 0.0756. The van der Waals surface area contributed by atoms with Gasteiger partial charge < -0.3 is 10.1 Å². The number of nitrogens with one attached hydrogen (secondary N) is 1. The van der Waals surface area contributed by atoms with Gasteiger partial charge in [-0.05, 0) is 25.3 Å². The summed E-state index contributed by atoms with van der Waals surface area (Å²) in [5.41, 5.74) is 1.05. The van der Waals surface area contributed by atoms with Crippen molar-refractivity contribution in [3.63, 3.8) is 0 Å². The van der Waals surface area contributed by atoms with Gasteiger partial charge in [0.25, 0.3) is 0 Å². The van der Waals surface area contributed by atoms with Gasteiger partial charge in [-0.15, -0.1) is 0 Å². The summed E-state index contributed by atoms with van der Waals surface area (Å²) >= 11 is 0. The Labute approximate surface area is 102 Å². The first kappa shape index (κ1) is 12.1. The summed E-state index contributed by atoms with van der Waals surface area (Å²) in [4.78, 5) is 11.9. The highest BCUT2D eigenvalue weighted by Gasteiger charge is 2.19. The molecule has 17 heavy (non-hydrogen) atoms. The van der Waals surface area contributed by atoms with Crippen LogP contribution in [-0.4, -0.2) is 25.2 Å². The van der Waals surface area contributed by atoms with Crippen LogP contribution >= 0.6 is 0 Å². The fourth-order valence-electron chi connectivity index (χ4n) is 2.07. The molecule has 0 saturated carbocycles. The minimum Gasteiger partial charge on any atom is -0.376 e. The van der Waals surface area contributed by atoms with Gasteiger partial charge in [0, 0.05) is 13.2 Å². The number of benzene rings is 1. The highest BCUT2D eigenvalue weighted by atomic mass is 16.5. The lowest BCUT2D eigenvalue weighted by molar-refractivity contribution is -0.122. The number of ether oxygens (including phenoxy) is 1. The zero-order valence-electron chi connectivity index (χ0n) is 10.2. The monoisotopic (exact) mass is 233 g/mol. The Morgan fingerprint density at radius 1 is 1.47 bits per heavy atom. The van der Waals surface area contributed by atoms with E-state index in [9.17, 15) is 4.79 Å². The van der Waals surface area contributed by atoms with Gasteiger partial charge in [0.1, 0.15) is 0 Å². The lowest BCUT2D eigenvalue weighted by atomic mass is 10.0. The van der Waals surface area contributed by atoms with Gasteiger partial charge in [0.05, 0.1) is 12.0 Å². The number of hydrogen-bond donors (Lipinski definition) is 1. The third-order valence-electron chi connectivity index (χ3n) is 3.22. The summed E-state index contributed by atoms with van der Waals surface area (Å²) in [6.45, 7) is 3.39. The molecule has 3 nitrogen and oxygen atoms in total. The second-order valence-corrected chi connectivity index (χ2v) is 4.51. The Morgan fingerprint density at radius 3 is 2.88 bits per heavy atom. The maximum Gasteiger partial charge on any atom is 0.227 e. The Kier molecular flexibility index (Phi) is 4.15. The first-order valence-electron chi connectivity index (χ1n) is 6.21. The maximum atomic E-state index is 11.9. The fourth-order valence-corrected chi connectivity index (χ4v) is 2.07. The molecule has 3 heteroatoms. The molecule has 0 spiro atoms. The first-order chi connectivity index (χ1) is 8.27. The molecule has 2 rings (SSSR count). The van der Waals surface area contributed by atoms with Crippen molar-refractivity contribution in [2.75, 3.05) is 13.2 Å². The normalized spacial score (nSPS) is 21.1. The van der Waals surface area contributed by atoms with Gasteiger partial charge in [-0.25, -0.2) is 0 Å². The summed E-state index contributed by atoms with van der Waals surface area (Å²) in [7, 11) is 0. The van der Waals surface area contributed by atoms with Crippen molar-refractivity contribution in [3.05, 3.63) is 35.9 Å². The molecule has 92 valence electrons. The molecular formula is C14H19NO2. The SMILES string of the molecule is C[C@@H](C(=O)NC[C@@H]1CCCO1)c1ccccc1. The molecule has 0 aliphatic carbocycles. The van der Waals surface area contributed by atoms with Crippen LogP contribution in [0.1, 0.15) is 31.2 Å². The number of amides is 1. The Bertz CT molecular complexity index is 358. The highest BCUT2D eigenvalue weighted by molar-refractivity contribution is 5.83. The van der Waals surface area contributed by atoms with Crippen molar-refractivity contribution < 1.29 is 9.53 Å². The van der Waals surface area contributed by atoms with E-state index in [2.05, 4.69) is 5.32 Å². The van der Waals surface area contributed by atoms with E-state index < -0.39 is 0 Å². The summed E-state index contributed by atoms with van der Waals surface area (Å²) < 4.78 is 5.47. The molecule has 1 aromatic rings. The van der Waals surface area contributed by atoms with Crippen LogP contribution in [0.2, 0.25) is 0 Å². The predicted octanol–water partition coefficient (Wildman–Crippen LogP) is 2.09. The van der Waals surface area contributed by atoms with Crippen molar-refractivity contribution >= 4 is 5.91 Å². The number of hydrogen-bond acceptors (Lipinski definition) is 2. The van der Waals surface area contributed by atoms with Gasteiger partial charge >= 0.3 is 0 Å². The zero-order chi connectivity index (χ0) is 12.1. The smallest absolute Gasteiger partial charge is 0.227 e. The van der Waals surface area contributed by atoms with E-state index in [1.54, 1.807) is 0 Å². The Morgan fingerprint density at radius 2 is 2.24 bits per heavy atom. The number of carbonyl (C=O) groups excluding carboxylic acids is 1. The van der Waals surface area contributed by atoms with E-state index >= 15 is 0 Å². The number of carbonyl (C=O) groups is 1. The second-order valence-electron chi connectivity index (χ2n) is 4.51. The van der Waals surface area contributed by atoms with Gasteiger partial charge in [0.2, 0.25) is 5.91 Å². The van der Waals surface area contributed by atoms with E-state index in [0.717, 1.165) is 25.0 Å². The van der Waals surface area contributed by atoms with E-state index in [0.29, 0.717) is 6.54 Å². The van der Waals surface area contributed by atoms with Crippen LogP contribution in [0.15, 0.2) is 30.3 Å². The lowest BCUT2D eigenvalue weighted by Crippen LogP contribution is -2.34. The van der Waals surface area contributed by atoms with Gasteiger partial charge in [-0.1, -0.05) is 30.3 Å². The molecule has 1 aromatic carbocycles. The molecule has 0 radical (unpaired) electrons. The Balaban J connectivity index is 1.83. The molecule has 1 amide bonds. The van der Waals surface area contributed by atoms with Crippen LogP contribution in [-0.2, 0) is 9.53 Å². The molecule has 1 saturated heterocycles. The molecule has 1 aliphatic rings. The molecule has 2 atom stereocenters. The molecule has 1 heterocycles. The molecular weight excluding hydrogens is 214 g/mol. The van der Waals surface area contributed by atoms with Crippen LogP contribution in [0.4, 0.5) is 0 Å². The van der Waals surface area contributed by atoms with Crippen LogP contribution in [0.3, 0.4) is 0 Å². The predicted molar refractivity (Wildman–Crippen MR) is 66.8 cm³/mol. The molecule has 0 aromatic heterocycles. The van der Waals surface area contributed by atoms with Crippen molar-refractivity contribution in [3.8, 4) is 0 Å². The highest BCUT2D eigenvalue weighted by Crippen LogP contribution is 2.15. The maximum absolute atomic E-state index is 11.9. The second kappa shape index (κ2) is 5.82. The Hall–Kier alpha value is -1.35. The van der Waals surface area contributed by atoms with Gasteiger partial charge in [-0.2, -0.15) is 0 Å². The van der Waals surface area contributed by atoms with Crippen molar-refractivity contribution in [1.29, 1.82) is 0 Å². The van der Waals surface area contributed by atoms with E-state index in [-0.39, 0.29) is 17.9 Å². The van der Waals surface area contributed by atoms with Crippen molar-refractivity contribution in [1.82, 2.24) is 5.32 Å². The van der Waals surface area contributed by atoms with Gasteiger partial charge in [-0.3, -0.25) is 4.79 Å². The van der Waals surface area contributed by atoms with Crippen molar-refractivity contribution in [2.24, 2.45) is 0 Å². The molecule has 0 unspecified atom stereocenters. The van der Waals surface area contributed by atoms with Crippen molar-refractivity contribution in [2.45, 2.75) is 31.8 Å². The third-order valence-corrected chi connectivity index (χ3v) is 3.22. The summed E-state index contributed by atoms with van der Waals surface area (Å²) in [5, 5.41) is 2.96. The molecule has 0 bridgehead atoms. The van der Waals surface area contributed by atoms with Crippen LogP contribution < -0.4 is 5.32 Å². The third kappa shape index (κ3) is 3.30. The summed E-state index contributed by atoms with van der Waals surface area (Å²) in [6, 6.07) is 9.84. The average molecular weight is 233 g/mol. The first-order valence-corrected chi connectivity index (χ1v) is 6.21. The minimum atomic E-state index is -0.0994. The standard InChI is InChI=1S/C14H19NO2/c1-11(12-6-3-2-4-7-12)14(16)15-10-13-8-5-9-17-13/h2-4,6-7,11,13H,5,8-10H2,1H3,(H,15,16)/t11-,13+/m1/s1. The summed E-state index contributed by atoms with van der Waals surface area (Å²) in [6.07, 6.45) is 2.37. The topological polar surface area (TPSA) is 38.3 Å². The quantitative estimate of drug-likeness (QED) is 0.864. The van der Waals surface area contributed by atoms with E-state index in [1.165, 1.54) is 0 Å². The fraction of sp³-hybridized carbons (Fsp3) is 0.500. The van der Waals surface area contributed by atoms with Gasteiger partial charge in [0.15, 0.2) is 0 Å². The molecule has 1 aliphatic heterocycles. The molecule has 1 fully saturated rings. The summed E-state index contributed by atoms with van der Waals surface area (Å²) in [5.74, 6) is -0.0238. The number of rotatable bonds is 4. The van der Waals surface area contributed by atoms with Crippen LogP contribution in [0, 0.1) is 0 Å². The zero-order valence-corrected chi connectivity index (χ0v) is 10.2. The van der Waals surface area contributed by atoms with E-state index in [4.69, 9.17) is 4.74 Å². The molecule has 1 N–H and O–H groups in total. The average Bonchev–Trinajstić information content (AvgIpc) is 2.89. The van der Waals surface area contributed by atoms with Crippen LogP contribution in [0.25, 0.3) is 0 Å². The largest absolute Gasteiger partial charge is 0.376 e. The lowest BCUT2D eigenvalue weighted by Gasteiger charge is -2.15. The van der Waals surface area contributed by atoms with E-state index in [1.807, 2.05) is 37.3 Å².